The van der Waals surface area contributed by atoms with Crippen molar-refractivity contribution in [1.82, 2.24) is 18.7 Å². The highest BCUT2D eigenvalue weighted by atomic mass is 32.2. The van der Waals surface area contributed by atoms with Crippen molar-refractivity contribution in [2.45, 2.75) is 17.9 Å². The van der Waals surface area contributed by atoms with Crippen LogP contribution in [-0.4, -0.2) is 33.6 Å². The minimum atomic E-state index is -3.84. The summed E-state index contributed by atoms with van der Waals surface area (Å²) in [4.78, 5) is 10.4. The van der Waals surface area contributed by atoms with Crippen LogP contribution in [-0.2, 0) is 23.0 Å². The third-order valence-electron chi connectivity index (χ3n) is 7.36. The summed E-state index contributed by atoms with van der Waals surface area (Å²) < 4.78 is 31.9. The molecule has 202 valence electrons. The van der Waals surface area contributed by atoms with Gasteiger partial charge in [0.25, 0.3) is 0 Å². The topological polar surface area (TPSA) is 67.6 Å². The second-order valence-corrected chi connectivity index (χ2v) is 12.7. The second-order valence-electron chi connectivity index (χ2n) is 9.97. The first kappa shape index (κ1) is 25.6. The molecule has 3 aromatic heterocycles. The third kappa shape index (κ3) is 4.91. The van der Waals surface area contributed by atoms with E-state index in [0.29, 0.717) is 18.5 Å². The molecule has 0 unspecified atom stereocenters. The molecule has 6 nitrogen and oxygen atoms in total. The van der Waals surface area contributed by atoms with E-state index in [1.165, 1.54) is 10.8 Å². The molecule has 8 heteroatoms. The Balaban J connectivity index is 1.21. The molecule has 4 aromatic carbocycles. The normalized spacial score (nSPS) is 12.1. The average Bonchev–Trinajstić information content (AvgIpc) is 3.61. The second kappa shape index (κ2) is 10.6. The highest BCUT2D eigenvalue weighted by Crippen LogP contribution is 2.29. The zero-order valence-electron chi connectivity index (χ0n) is 22.1. The predicted molar refractivity (Wildman–Crippen MR) is 165 cm³/mol. The summed E-state index contributed by atoms with van der Waals surface area (Å²) >= 11 is 1.57. The Labute approximate surface area is 242 Å². The van der Waals surface area contributed by atoms with E-state index in [4.69, 9.17) is 4.98 Å². The summed E-state index contributed by atoms with van der Waals surface area (Å²) in [5, 5.41) is 5.23. The van der Waals surface area contributed by atoms with E-state index in [9.17, 15) is 8.42 Å². The number of thiazole rings is 1. The number of hydrogen-bond donors (Lipinski definition) is 0. The molecule has 0 amide bonds. The number of aromatic nitrogens is 3. The van der Waals surface area contributed by atoms with Gasteiger partial charge in [0.2, 0.25) is 10.0 Å². The highest BCUT2D eigenvalue weighted by Gasteiger charge is 2.27. The maximum absolute atomic E-state index is 14.1. The van der Waals surface area contributed by atoms with E-state index in [1.807, 2.05) is 60.7 Å². The van der Waals surface area contributed by atoms with Crippen LogP contribution in [0.3, 0.4) is 0 Å². The molecule has 0 aliphatic carbocycles. The average molecular weight is 575 g/mol. The van der Waals surface area contributed by atoms with Crippen molar-refractivity contribution in [3.05, 3.63) is 132 Å². The van der Waals surface area contributed by atoms with Crippen molar-refractivity contribution < 1.29 is 8.42 Å². The smallest absolute Gasteiger partial charge is 0.245 e. The van der Waals surface area contributed by atoms with Gasteiger partial charge in [0.1, 0.15) is 4.90 Å². The highest BCUT2D eigenvalue weighted by molar-refractivity contribution is 7.89. The molecule has 41 heavy (non-hydrogen) atoms. The van der Waals surface area contributed by atoms with Gasteiger partial charge in [-0.1, -0.05) is 84.9 Å². The number of benzene rings is 4. The maximum Gasteiger partial charge on any atom is 0.245 e. The van der Waals surface area contributed by atoms with Crippen molar-refractivity contribution in [3.63, 3.8) is 0 Å². The molecular weight excluding hydrogens is 549 g/mol. The van der Waals surface area contributed by atoms with Crippen LogP contribution in [0.15, 0.2) is 126 Å². The lowest BCUT2D eigenvalue weighted by Crippen LogP contribution is -2.33. The van der Waals surface area contributed by atoms with E-state index in [0.717, 1.165) is 32.9 Å². The fourth-order valence-corrected chi connectivity index (χ4v) is 7.73. The van der Waals surface area contributed by atoms with Crippen LogP contribution >= 0.6 is 11.3 Å². The van der Waals surface area contributed by atoms with E-state index in [2.05, 4.69) is 51.3 Å². The molecule has 0 N–H and O–H groups in total. The number of hydrogen-bond acceptors (Lipinski definition) is 5. The van der Waals surface area contributed by atoms with Crippen LogP contribution in [0.1, 0.15) is 11.3 Å². The fraction of sp³-hybridized carbons (Fsp3) is 0.0909. The van der Waals surface area contributed by atoms with E-state index < -0.39 is 10.0 Å². The summed E-state index contributed by atoms with van der Waals surface area (Å²) in [5.41, 5.74) is 4.40. The van der Waals surface area contributed by atoms with Crippen LogP contribution in [0.2, 0.25) is 0 Å². The third-order valence-corrected chi connectivity index (χ3v) is 10.1. The van der Waals surface area contributed by atoms with Gasteiger partial charge >= 0.3 is 0 Å². The summed E-state index contributed by atoms with van der Waals surface area (Å²) in [7, 11) is -3.84. The number of sulfonamides is 1. The number of rotatable bonds is 8. The molecule has 0 fully saturated rings. The maximum atomic E-state index is 14.1. The Morgan fingerprint density at radius 3 is 2.46 bits per heavy atom. The first-order valence-electron chi connectivity index (χ1n) is 13.4. The molecule has 0 aliphatic rings. The molecular formula is C33H26N4O2S2. The summed E-state index contributed by atoms with van der Waals surface area (Å²) in [6.07, 6.45) is 4.23. The van der Waals surface area contributed by atoms with Crippen molar-refractivity contribution >= 4 is 48.0 Å². The Morgan fingerprint density at radius 2 is 1.59 bits per heavy atom. The number of nitrogens with zero attached hydrogens (tertiary/aromatic N) is 4. The Morgan fingerprint density at radius 1 is 0.805 bits per heavy atom. The van der Waals surface area contributed by atoms with Crippen molar-refractivity contribution in [3.8, 4) is 11.3 Å². The van der Waals surface area contributed by atoms with Gasteiger partial charge in [-0.3, -0.25) is 9.38 Å². The SMILES string of the molecule is O=S(=O)(c1cccc2cccnc12)N(CCc1csc2nc(-c3ccc4ccccc4c3)cn12)Cc1ccccc1. The Kier molecular flexibility index (Phi) is 6.59. The molecule has 3 heterocycles. The lowest BCUT2D eigenvalue weighted by Gasteiger charge is -2.23. The molecule has 0 spiro atoms. The quantitative estimate of drug-likeness (QED) is 0.193. The van der Waals surface area contributed by atoms with Gasteiger partial charge < -0.3 is 0 Å². The molecule has 0 radical (unpaired) electrons. The monoisotopic (exact) mass is 574 g/mol. The summed E-state index contributed by atoms with van der Waals surface area (Å²) in [6, 6.07) is 33.4. The van der Waals surface area contributed by atoms with Gasteiger partial charge in [0.05, 0.1) is 11.2 Å². The number of fused-ring (bicyclic) bond motifs is 3. The van der Waals surface area contributed by atoms with E-state index in [1.54, 1.807) is 34.0 Å². The van der Waals surface area contributed by atoms with Gasteiger partial charge in [0.15, 0.2) is 4.96 Å². The fourth-order valence-electron chi connectivity index (χ4n) is 5.23. The van der Waals surface area contributed by atoms with Crippen molar-refractivity contribution in [2.24, 2.45) is 0 Å². The van der Waals surface area contributed by atoms with Crippen molar-refractivity contribution in [2.75, 3.05) is 6.54 Å². The lowest BCUT2D eigenvalue weighted by atomic mass is 10.1. The molecule has 7 rings (SSSR count). The first-order valence-corrected chi connectivity index (χ1v) is 15.7. The Hall–Kier alpha value is -4.37. The van der Waals surface area contributed by atoms with Gasteiger partial charge in [-0.05, 0) is 34.5 Å². The molecule has 0 saturated carbocycles. The number of imidazole rings is 1. The van der Waals surface area contributed by atoms with Crippen LogP contribution in [0.25, 0.3) is 37.9 Å². The van der Waals surface area contributed by atoms with Gasteiger partial charge in [-0.2, -0.15) is 4.31 Å². The standard InChI is InChI=1S/C33H26N4O2S2/c38-41(39,31-14-6-12-26-13-7-18-34-32(26)31)36(21-24-8-2-1-3-9-24)19-17-29-23-40-33-35-30(22-37(29)33)28-16-15-25-10-4-5-11-27(25)20-28/h1-16,18,20,22-23H,17,19,21H2. The van der Waals surface area contributed by atoms with E-state index >= 15 is 0 Å². The largest absolute Gasteiger partial charge is 0.294 e. The number of pyridine rings is 1. The summed E-state index contributed by atoms with van der Waals surface area (Å²) in [6.45, 7) is 0.585. The molecule has 0 bridgehead atoms. The predicted octanol–water partition coefficient (Wildman–Crippen LogP) is 7.20. The number of para-hydroxylation sites is 1. The lowest BCUT2D eigenvalue weighted by molar-refractivity contribution is 0.408. The first-order chi connectivity index (χ1) is 20.1. The van der Waals surface area contributed by atoms with Gasteiger partial charge in [-0.25, -0.2) is 13.4 Å². The molecule has 7 aromatic rings. The van der Waals surface area contributed by atoms with Crippen LogP contribution in [0.4, 0.5) is 0 Å². The Bertz CT molecular complexity index is 2110. The molecule has 0 saturated heterocycles. The van der Waals surface area contributed by atoms with Crippen molar-refractivity contribution in [1.29, 1.82) is 0 Å². The molecule has 0 aliphatic heterocycles. The molecule has 0 atom stereocenters. The van der Waals surface area contributed by atoms with Gasteiger partial charge in [0, 0.05) is 53.9 Å². The van der Waals surface area contributed by atoms with Crippen LogP contribution in [0, 0.1) is 0 Å². The zero-order valence-corrected chi connectivity index (χ0v) is 23.7. The minimum absolute atomic E-state index is 0.225. The zero-order chi connectivity index (χ0) is 27.8. The van der Waals surface area contributed by atoms with Gasteiger partial charge in [-0.15, -0.1) is 11.3 Å². The minimum Gasteiger partial charge on any atom is -0.294 e. The van der Waals surface area contributed by atoms with Crippen LogP contribution < -0.4 is 0 Å². The van der Waals surface area contributed by atoms with Crippen LogP contribution in [0.5, 0.6) is 0 Å². The van der Waals surface area contributed by atoms with E-state index in [-0.39, 0.29) is 11.4 Å². The summed E-state index contributed by atoms with van der Waals surface area (Å²) in [5.74, 6) is 0.